The van der Waals surface area contributed by atoms with Crippen molar-refractivity contribution in [2.24, 2.45) is 5.92 Å². The molecule has 0 saturated heterocycles. The highest BCUT2D eigenvalue weighted by atomic mass is 16.2. The van der Waals surface area contributed by atoms with Crippen molar-refractivity contribution < 1.29 is 9.59 Å². The Morgan fingerprint density at radius 1 is 1.28 bits per heavy atom. The Balaban J connectivity index is 1.83. The highest BCUT2D eigenvalue weighted by Gasteiger charge is 2.25. The van der Waals surface area contributed by atoms with Gasteiger partial charge in [-0.1, -0.05) is 0 Å². The number of carbonyl (C=O) groups excluding carboxylic acids is 2. The zero-order valence-corrected chi connectivity index (χ0v) is 15.3. The molecule has 0 atom stereocenters. The SMILES string of the molecule is CNC(=O)N1CCc2cc(C(=O)NCC3CC3)c(N(C)C)nc2CC1. The summed E-state index contributed by atoms with van der Waals surface area (Å²) in [5, 5.41) is 5.71. The van der Waals surface area contributed by atoms with E-state index in [-0.39, 0.29) is 11.9 Å². The maximum atomic E-state index is 12.6. The molecule has 2 heterocycles. The lowest BCUT2D eigenvalue weighted by Crippen LogP contribution is -2.39. The second kappa shape index (κ2) is 7.29. The predicted octanol–water partition coefficient (Wildman–Crippen LogP) is 1.03. The number of nitrogens with zero attached hydrogens (tertiary/aromatic N) is 3. The van der Waals surface area contributed by atoms with E-state index in [1.807, 2.05) is 25.1 Å². The van der Waals surface area contributed by atoms with Crippen LogP contribution in [0.15, 0.2) is 6.07 Å². The number of hydrogen-bond acceptors (Lipinski definition) is 4. The van der Waals surface area contributed by atoms with Crippen molar-refractivity contribution in [3.05, 3.63) is 22.9 Å². The topological polar surface area (TPSA) is 77.6 Å². The van der Waals surface area contributed by atoms with Crippen LogP contribution in [-0.4, -0.2) is 62.6 Å². The van der Waals surface area contributed by atoms with Crippen LogP contribution in [0.5, 0.6) is 0 Å². The zero-order chi connectivity index (χ0) is 18.0. The molecule has 3 amide bonds. The average Bonchev–Trinajstić information content (AvgIpc) is 3.44. The number of fused-ring (bicyclic) bond motifs is 1. The van der Waals surface area contributed by atoms with Crippen LogP contribution in [0.2, 0.25) is 0 Å². The molecule has 1 saturated carbocycles. The van der Waals surface area contributed by atoms with Gasteiger partial charge >= 0.3 is 6.03 Å². The summed E-state index contributed by atoms with van der Waals surface area (Å²) in [5.74, 6) is 1.28. The van der Waals surface area contributed by atoms with Gasteiger partial charge in [0.2, 0.25) is 0 Å². The normalized spacial score (nSPS) is 16.7. The largest absolute Gasteiger partial charge is 0.362 e. The molecule has 2 aliphatic rings. The number of amides is 3. The highest BCUT2D eigenvalue weighted by Crippen LogP contribution is 2.28. The fraction of sp³-hybridized carbons (Fsp3) is 0.611. The van der Waals surface area contributed by atoms with Crippen LogP contribution < -0.4 is 15.5 Å². The molecule has 0 unspecified atom stereocenters. The van der Waals surface area contributed by atoms with Crippen molar-refractivity contribution in [1.82, 2.24) is 20.5 Å². The Kier molecular flexibility index (Phi) is 5.11. The van der Waals surface area contributed by atoms with Crippen LogP contribution >= 0.6 is 0 Å². The summed E-state index contributed by atoms with van der Waals surface area (Å²) in [6, 6.07) is 1.90. The molecular weight excluding hydrogens is 318 g/mol. The van der Waals surface area contributed by atoms with Gasteiger partial charge in [0.15, 0.2) is 0 Å². The Morgan fingerprint density at radius 2 is 2.00 bits per heavy atom. The Hall–Kier alpha value is -2.31. The van der Waals surface area contributed by atoms with Crippen LogP contribution in [0.4, 0.5) is 10.6 Å². The molecule has 1 aliphatic carbocycles. The fourth-order valence-corrected chi connectivity index (χ4v) is 3.15. The molecule has 1 aromatic heterocycles. The van der Waals surface area contributed by atoms with Crippen LogP contribution in [0.1, 0.15) is 34.5 Å². The smallest absolute Gasteiger partial charge is 0.317 e. The third kappa shape index (κ3) is 4.03. The van der Waals surface area contributed by atoms with Gasteiger partial charge in [-0.2, -0.15) is 0 Å². The Morgan fingerprint density at radius 3 is 2.64 bits per heavy atom. The first kappa shape index (κ1) is 17.5. The molecular formula is C18H27N5O2. The lowest BCUT2D eigenvalue weighted by molar-refractivity contribution is 0.0952. The van der Waals surface area contributed by atoms with Gasteiger partial charge in [-0.25, -0.2) is 9.78 Å². The van der Waals surface area contributed by atoms with Crippen molar-refractivity contribution in [1.29, 1.82) is 0 Å². The van der Waals surface area contributed by atoms with E-state index < -0.39 is 0 Å². The predicted molar refractivity (Wildman–Crippen MR) is 97.1 cm³/mol. The van der Waals surface area contributed by atoms with Gasteiger partial charge in [0, 0.05) is 52.9 Å². The van der Waals surface area contributed by atoms with Crippen LogP contribution in [0.3, 0.4) is 0 Å². The van der Waals surface area contributed by atoms with E-state index in [0.717, 1.165) is 17.8 Å². The van der Waals surface area contributed by atoms with E-state index in [1.165, 1.54) is 12.8 Å². The number of hydrogen-bond donors (Lipinski definition) is 2. The molecule has 136 valence electrons. The molecule has 0 aromatic carbocycles. The van der Waals surface area contributed by atoms with E-state index in [1.54, 1.807) is 11.9 Å². The summed E-state index contributed by atoms with van der Waals surface area (Å²) in [6.07, 6.45) is 3.83. The summed E-state index contributed by atoms with van der Waals surface area (Å²) in [4.78, 5) is 33.0. The number of rotatable bonds is 4. The quantitative estimate of drug-likeness (QED) is 0.854. The monoisotopic (exact) mass is 345 g/mol. The minimum absolute atomic E-state index is 0.0571. The molecule has 2 N–H and O–H groups in total. The van der Waals surface area contributed by atoms with Crippen molar-refractivity contribution in [2.45, 2.75) is 25.7 Å². The fourth-order valence-electron chi connectivity index (χ4n) is 3.15. The molecule has 3 rings (SSSR count). The second-order valence-electron chi connectivity index (χ2n) is 7.06. The first-order chi connectivity index (χ1) is 12.0. The van der Waals surface area contributed by atoms with E-state index in [4.69, 9.17) is 4.98 Å². The molecule has 0 bridgehead atoms. The summed E-state index contributed by atoms with van der Waals surface area (Å²) < 4.78 is 0. The minimum atomic E-state index is -0.0666. The first-order valence-electron chi connectivity index (χ1n) is 8.94. The van der Waals surface area contributed by atoms with Crippen LogP contribution in [-0.2, 0) is 12.8 Å². The molecule has 25 heavy (non-hydrogen) atoms. The third-order valence-electron chi connectivity index (χ3n) is 4.86. The van der Waals surface area contributed by atoms with Gasteiger partial charge < -0.3 is 20.4 Å². The minimum Gasteiger partial charge on any atom is -0.362 e. The first-order valence-corrected chi connectivity index (χ1v) is 8.94. The average molecular weight is 345 g/mol. The van der Waals surface area contributed by atoms with Crippen molar-refractivity contribution in [3.8, 4) is 0 Å². The van der Waals surface area contributed by atoms with Crippen molar-refractivity contribution in [2.75, 3.05) is 45.7 Å². The third-order valence-corrected chi connectivity index (χ3v) is 4.86. The van der Waals surface area contributed by atoms with E-state index >= 15 is 0 Å². The van der Waals surface area contributed by atoms with Gasteiger partial charge in [0.1, 0.15) is 5.82 Å². The van der Waals surface area contributed by atoms with Gasteiger partial charge in [-0.3, -0.25) is 4.79 Å². The van der Waals surface area contributed by atoms with E-state index in [9.17, 15) is 9.59 Å². The summed E-state index contributed by atoms with van der Waals surface area (Å²) >= 11 is 0. The molecule has 1 aromatic rings. The summed E-state index contributed by atoms with van der Waals surface area (Å²) in [7, 11) is 5.45. The second-order valence-corrected chi connectivity index (χ2v) is 7.06. The van der Waals surface area contributed by atoms with Crippen LogP contribution in [0, 0.1) is 5.92 Å². The number of nitrogens with one attached hydrogen (secondary N) is 2. The lowest BCUT2D eigenvalue weighted by Gasteiger charge is -2.19. The zero-order valence-electron chi connectivity index (χ0n) is 15.3. The van der Waals surface area contributed by atoms with Crippen LogP contribution in [0.25, 0.3) is 0 Å². The Labute approximate surface area is 148 Å². The highest BCUT2D eigenvalue weighted by molar-refractivity contribution is 5.99. The maximum absolute atomic E-state index is 12.6. The van der Waals surface area contributed by atoms with Gasteiger partial charge in [0.25, 0.3) is 5.91 Å². The molecule has 1 fully saturated rings. The van der Waals surface area contributed by atoms with Crippen molar-refractivity contribution >= 4 is 17.8 Å². The van der Waals surface area contributed by atoms with Crippen molar-refractivity contribution in [3.63, 3.8) is 0 Å². The summed E-state index contributed by atoms with van der Waals surface area (Å²) in [5.41, 5.74) is 2.67. The number of carbonyl (C=O) groups is 2. The van der Waals surface area contributed by atoms with Gasteiger partial charge in [-0.05, 0) is 36.8 Å². The molecule has 7 nitrogen and oxygen atoms in total. The summed E-state index contributed by atoms with van der Waals surface area (Å²) in [6.45, 7) is 2.02. The number of pyridine rings is 1. The Bertz CT molecular complexity index is 670. The molecule has 0 radical (unpaired) electrons. The number of urea groups is 1. The molecule has 7 heteroatoms. The molecule has 0 spiro atoms. The molecule has 1 aliphatic heterocycles. The number of aromatic nitrogens is 1. The number of anilines is 1. The van der Waals surface area contributed by atoms with E-state index in [2.05, 4.69) is 10.6 Å². The maximum Gasteiger partial charge on any atom is 0.317 e. The van der Waals surface area contributed by atoms with Gasteiger partial charge in [0.05, 0.1) is 5.56 Å². The standard InChI is InChI=1S/C18H27N5O2/c1-19-18(25)23-8-6-13-10-14(17(24)20-11-12-4-5-12)16(22(2)3)21-15(13)7-9-23/h10,12H,4-9,11H2,1-3H3,(H,19,25)(H,20,24). The van der Waals surface area contributed by atoms with E-state index in [0.29, 0.717) is 43.2 Å². The van der Waals surface area contributed by atoms with Gasteiger partial charge in [-0.15, -0.1) is 0 Å². The lowest BCUT2D eigenvalue weighted by atomic mass is 10.0.